The Morgan fingerprint density at radius 3 is 2.67 bits per heavy atom. The zero-order valence-corrected chi connectivity index (χ0v) is 10.2. The molecule has 1 aliphatic heterocycles. The molecule has 96 valence electrons. The zero-order chi connectivity index (χ0) is 13.1. The highest BCUT2D eigenvalue weighted by Crippen LogP contribution is 2.31. The smallest absolute Gasteiger partial charge is 0.223 e. The van der Waals surface area contributed by atoms with Crippen molar-refractivity contribution in [2.24, 2.45) is 0 Å². The molecular formula is C14H17NO3. The first-order valence-electron chi connectivity index (χ1n) is 6.04. The maximum Gasteiger partial charge on any atom is 0.223 e. The van der Waals surface area contributed by atoms with Gasteiger partial charge in [0, 0.05) is 19.5 Å². The molecule has 0 saturated heterocycles. The molecular weight excluding hydrogens is 230 g/mol. The number of rotatable bonds is 3. The Balaban J connectivity index is 2.12. The van der Waals surface area contributed by atoms with Crippen molar-refractivity contribution >= 4 is 5.91 Å². The summed E-state index contributed by atoms with van der Waals surface area (Å²) in [7, 11) is 0. The number of amides is 1. The van der Waals surface area contributed by atoms with E-state index in [0.29, 0.717) is 32.4 Å². The van der Waals surface area contributed by atoms with Gasteiger partial charge in [-0.25, -0.2) is 0 Å². The monoisotopic (exact) mass is 247 g/mol. The van der Waals surface area contributed by atoms with Crippen LogP contribution in [-0.2, 0) is 17.8 Å². The predicted octanol–water partition coefficient (Wildman–Crippen LogP) is 1.95. The Kier molecular flexibility index (Phi) is 3.55. The summed E-state index contributed by atoms with van der Waals surface area (Å²) >= 11 is 0. The van der Waals surface area contributed by atoms with E-state index in [1.807, 2.05) is 0 Å². The van der Waals surface area contributed by atoms with E-state index >= 15 is 0 Å². The number of carbonyl (C=O) groups excluding carboxylic acids is 1. The number of phenolic OH excluding ortho intramolecular Hbond substituents is 2. The van der Waals surface area contributed by atoms with E-state index in [9.17, 15) is 15.0 Å². The SMILES string of the molecule is C=CCCC(=O)N1CCc2cc(O)c(O)cc2C1. The van der Waals surface area contributed by atoms with Crippen LogP contribution >= 0.6 is 0 Å². The molecule has 0 saturated carbocycles. The molecule has 0 fully saturated rings. The van der Waals surface area contributed by atoms with Gasteiger partial charge in [0.2, 0.25) is 5.91 Å². The Labute approximate surface area is 106 Å². The number of phenols is 2. The molecule has 0 spiro atoms. The van der Waals surface area contributed by atoms with Gasteiger partial charge in [-0.2, -0.15) is 0 Å². The third-order valence-electron chi connectivity index (χ3n) is 3.22. The maximum atomic E-state index is 11.9. The highest BCUT2D eigenvalue weighted by molar-refractivity contribution is 5.76. The number of hydrogen-bond acceptors (Lipinski definition) is 3. The van der Waals surface area contributed by atoms with Crippen molar-refractivity contribution in [3.05, 3.63) is 35.9 Å². The van der Waals surface area contributed by atoms with Crippen molar-refractivity contribution in [1.29, 1.82) is 0 Å². The van der Waals surface area contributed by atoms with E-state index < -0.39 is 0 Å². The summed E-state index contributed by atoms with van der Waals surface area (Å²) in [5.74, 6) is -0.123. The second-order valence-electron chi connectivity index (χ2n) is 4.50. The summed E-state index contributed by atoms with van der Waals surface area (Å²) in [6.07, 6.45) is 3.61. The standard InChI is InChI=1S/C14H17NO3/c1-2-3-4-14(18)15-6-5-10-7-12(16)13(17)8-11(10)9-15/h2,7-8,16-17H,1,3-6,9H2. The molecule has 2 rings (SSSR count). The lowest BCUT2D eigenvalue weighted by atomic mass is 9.98. The van der Waals surface area contributed by atoms with Gasteiger partial charge in [-0.3, -0.25) is 4.79 Å². The summed E-state index contributed by atoms with van der Waals surface area (Å²) in [6, 6.07) is 3.12. The maximum absolute atomic E-state index is 11.9. The van der Waals surface area contributed by atoms with Gasteiger partial charge in [0.05, 0.1) is 0 Å². The van der Waals surface area contributed by atoms with Crippen LogP contribution < -0.4 is 0 Å². The van der Waals surface area contributed by atoms with Crippen LogP contribution in [-0.4, -0.2) is 27.6 Å². The summed E-state index contributed by atoms with van der Waals surface area (Å²) in [5.41, 5.74) is 1.90. The van der Waals surface area contributed by atoms with Gasteiger partial charge in [-0.1, -0.05) is 6.08 Å². The highest BCUT2D eigenvalue weighted by Gasteiger charge is 2.21. The number of hydrogen-bond donors (Lipinski definition) is 2. The summed E-state index contributed by atoms with van der Waals surface area (Å²) in [6.45, 7) is 4.76. The fourth-order valence-electron chi connectivity index (χ4n) is 2.18. The van der Waals surface area contributed by atoms with Gasteiger partial charge < -0.3 is 15.1 Å². The van der Waals surface area contributed by atoms with E-state index in [-0.39, 0.29) is 17.4 Å². The minimum Gasteiger partial charge on any atom is -0.504 e. The number of fused-ring (bicyclic) bond motifs is 1. The molecule has 0 atom stereocenters. The summed E-state index contributed by atoms with van der Waals surface area (Å²) in [4.78, 5) is 13.7. The lowest BCUT2D eigenvalue weighted by Crippen LogP contribution is -2.35. The second-order valence-corrected chi connectivity index (χ2v) is 4.50. The number of aromatic hydroxyl groups is 2. The first kappa shape index (κ1) is 12.5. The van der Waals surface area contributed by atoms with E-state index in [1.165, 1.54) is 6.07 Å². The fourth-order valence-corrected chi connectivity index (χ4v) is 2.18. The molecule has 4 heteroatoms. The van der Waals surface area contributed by atoms with Gasteiger partial charge in [0.1, 0.15) is 0 Å². The van der Waals surface area contributed by atoms with Crippen molar-refractivity contribution in [1.82, 2.24) is 4.90 Å². The Morgan fingerprint density at radius 2 is 2.00 bits per heavy atom. The van der Waals surface area contributed by atoms with E-state index in [0.717, 1.165) is 11.1 Å². The topological polar surface area (TPSA) is 60.8 Å². The quantitative estimate of drug-likeness (QED) is 0.634. The van der Waals surface area contributed by atoms with Crippen LogP contribution in [0.1, 0.15) is 24.0 Å². The number of carbonyl (C=O) groups is 1. The fraction of sp³-hybridized carbons (Fsp3) is 0.357. The lowest BCUT2D eigenvalue weighted by molar-refractivity contribution is -0.132. The Morgan fingerprint density at radius 1 is 1.33 bits per heavy atom. The number of allylic oxidation sites excluding steroid dienone is 1. The molecule has 1 heterocycles. The largest absolute Gasteiger partial charge is 0.504 e. The van der Waals surface area contributed by atoms with Crippen molar-refractivity contribution in [2.75, 3.05) is 6.54 Å². The van der Waals surface area contributed by atoms with Crippen LogP contribution in [0.15, 0.2) is 24.8 Å². The van der Waals surface area contributed by atoms with Gasteiger partial charge in [0.25, 0.3) is 0 Å². The molecule has 0 aromatic heterocycles. The van der Waals surface area contributed by atoms with E-state index in [2.05, 4.69) is 6.58 Å². The van der Waals surface area contributed by atoms with Gasteiger partial charge in [-0.15, -0.1) is 6.58 Å². The summed E-state index contributed by atoms with van der Waals surface area (Å²) < 4.78 is 0. The van der Waals surface area contributed by atoms with Crippen molar-refractivity contribution in [3.8, 4) is 11.5 Å². The van der Waals surface area contributed by atoms with Crippen LogP contribution in [0, 0.1) is 0 Å². The predicted molar refractivity (Wildman–Crippen MR) is 68.3 cm³/mol. The Bertz CT molecular complexity index is 482. The van der Waals surface area contributed by atoms with Crippen LogP contribution in [0.25, 0.3) is 0 Å². The average Bonchev–Trinajstić information content (AvgIpc) is 2.36. The molecule has 18 heavy (non-hydrogen) atoms. The molecule has 0 aliphatic carbocycles. The Hall–Kier alpha value is -1.97. The molecule has 1 amide bonds. The van der Waals surface area contributed by atoms with Crippen LogP contribution in [0.4, 0.5) is 0 Å². The third-order valence-corrected chi connectivity index (χ3v) is 3.22. The van der Waals surface area contributed by atoms with Gasteiger partial charge in [-0.05, 0) is 36.1 Å². The molecule has 1 aliphatic rings. The van der Waals surface area contributed by atoms with Crippen LogP contribution in [0.2, 0.25) is 0 Å². The molecule has 0 bridgehead atoms. The molecule has 1 aromatic carbocycles. The van der Waals surface area contributed by atoms with Crippen LogP contribution in [0.3, 0.4) is 0 Å². The highest BCUT2D eigenvalue weighted by atomic mass is 16.3. The van der Waals surface area contributed by atoms with Gasteiger partial charge in [0.15, 0.2) is 11.5 Å². The summed E-state index contributed by atoms with van der Waals surface area (Å²) in [5, 5.41) is 18.9. The zero-order valence-electron chi connectivity index (χ0n) is 10.2. The number of benzene rings is 1. The first-order valence-corrected chi connectivity index (χ1v) is 6.04. The third kappa shape index (κ3) is 2.47. The normalized spacial score (nSPS) is 14.1. The molecule has 0 unspecified atom stereocenters. The van der Waals surface area contributed by atoms with Crippen molar-refractivity contribution in [3.63, 3.8) is 0 Å². The van der Waals surface area contributed by atoms with Crippen molar-refractivity contribution in [2.45, 2.75) is 25.8 Å². The minimum absolute atomic E-state index is 0.0971. The first-order chi connectivity index (χ1) is 8.61. The van der Waals surface area contributed by atoms with Gasteiger partial charge >= 0.3 is 0 Å². The van der Waals surface area contributed by atoms with E-state index in [1.54, 1.807) is 17.0 Å². The van der Waals surface area contributed by atoms with Crippen LogP contribution in [0.5, 0.6) is 11.5 Å². The van der Waals surface area contributed by atoms with E-state index in [4.69, 9.17) is 0 Å². The van der Waals surface area contributed by atoms with Crippen molar-refractivity contribution < 1.29 is 15.0 Å². The lowest BCUT2D eigenvalue weighted by Gasteiger charge is -2.29. The molecule has 1 aromatic rings. The number of nitrogens with zero attached hydrogens (tertiary/aromatic N) is 1. The minimum atomic E-state index is -0.130. The molecule has 0 radical (unpaired) electrons. The molecule has 2 N–H and O–H groups in total. The average molecular weight is 247 g/mol. The molecule has 4 nitrogen and oxygen atoms in total. The second kappa shape index (κ2) is 5.12.